The van der Waals surface area contributed by atoms with Crippen LogP contribution < -0.4 is 10.6 Å². The molecule has 2 N–H and O–H groups in total. The van der Waals surface area contributed by atoms with E-state index in [-0.39, 0.29) is 12.5 Å². The summed E-state index contributed by atoms with van der Waals surface area (Å²) in [7, 11) is 1.49. The van der Waals surface area contributed by atoms with Crippen LogP contribution in [0, 0.1) is 0 Å². The minimum absolute atomic E-state index is 0.0508. The highest BCUT2D eigenvalue weighted by atomic mass is 79.9. The predicted octanol–water partition coefficient (Wildman–Crippen LogP) is 3.04. The zero-order chi connectivity index (χ0) is 15.1. The number of nitrogens with one attached hydrogen (secondary N) is 2. The number of rotatable bonds is 6. The second kappa shape index (κ2) is 7.75. The minimum atomic E-state index is -0.169. The van der Waals surface area contributed by atoms with Gasteiger partial charge in [-0.2, -0.15) is 0 Å². The fourth-order valence-electron chi connectivity index (χ4n) is 1.70. The fourth-order valence-corrected chi connectivity index (χ4v) is 1.94. The second-order valence-electron chi connectivity index (χ2n) is 4.38. The maximum atomic E-state index is 11.4. The number of pyridine rings is 1. The Bertz CT molecular complexity index is 585. The van der Waals surface area contributed by atoms with Crippen LogP contribution in [0.4, 0.5) is 11.4 Å². The Morgan fingerprint density at radius 1 is 1.19 bits per heavy atom. The van der Waals surface area contributed by atoms with Gasteiger partial charge in [0, 0.05) is 29.2 Å². The number of anilines is 2. The number of hydrogen-bond donors (Lipinski definition) is 2. The number of hydrogen-bond acceptors (Lipinski definition) is 4. The van der Waals surface area contributed by atoms with E-state index >= 15 is 0 Å². The fraction of sp³-hybridized carbons (Fsp3) is 0.200. The third-order valence-electron chi connectivity index (χ3n) is 2.71. The van der Waals surface area contributed by atoms with Gasteiger partial charge in [0.05, 0.1) is 12.2 Å². The maximum absolute atomic E-state index is 11.4. The van der Waals surface area contributed by atoms with Crippen LogP contribution in [0.5, 0.6) is 0 Å². The lowest BCUT2D eigenvalue weighted by molar-refractivity contribution is -0.119. The number of benzene rings is 1. The molecule has 0 bridgehead atoms. The van der Waals surface area contributed by atoms with E-state index in [1.165, 1.54) is 7.11 Å². The molecule has 0 aliphatic carbocycles. The molecule has 0 aliphatic rings. The normalized spacial score (nSPS) is 10.2. The number of aromatic nitrogens is 1. The predicted molar refractivity (Wildman–Crippen MR) is 86.2 cm³/mol. The van der Waals surface area contributed by atoms with Gasteiger partial charge < -0.3 is 15.4 Å². The molecule has 0 unspecified atom stereocenters. The van der Waals surface area contributed by atoms with Crippen molar-refractivity contribution < 1.29 is 9.53 Å². The molecule has 0 saturated carbocycles. The van der Waals surface area contributed by atoms with E-state index in [0.29, 0.717) is 6.54 Å². The average Bonchev–Trinajstić information content (AvgIpc) is 2.48. The van der Waals surface area contributed by atoms with E-state index in [2.05, 4.69) is 31.5 Å². The summed E-state index contributed by atoms with van der Waals surface area (Å²) in [5, 5.41) is 6.01. The molecule has 0 spiro atoms. The summed E-state index contributed by atoms with van der Waals surface area (Å²) in [6.07, 6.45) is 1.77. The number of carbonyl (C=O) groups excluding carboxylic acids is 1. The van der Waals surface area contributed by atoms with Gasteiger partial charge in [-0.3, -0.25) is 9.78 Å². The molecule has 1 amide bonds. The van der Waals surface area contributed by atoms with Crippen molar-refractivity contribution in [2.75, 3.05) is 24.4 Å². The summed E-state index contributed by atoms with van der Waals surface area (Å²) in [6, 6.07) is 11.4. The zero-order valence-corrected chi connectivity index (χ0v) is 13.2. The Kier molecular flexibility index (Phi) is 5.71. The third kappa shape index (κ3) is 5.17. The number of halogens is 1. The molecule has 5 nitrogen and oxygen atoms in total. The number of ether oxygens (including phenoxy) is 1. The van der Waals surface area contributed by atoms with E-state index in [1.807, 2.05) is 36.4 Å². The molecule has 2 rings (SSSR count). The highest BCUT2D eigenvalue weighted by Crippen LogP contribution is 2.15. The van der Waals surface area contributed by atoms with E-state index in [4.69, 9.17) is 4.74 Å². The lowest BCUT2D eigenvalue weighted by atomic mass is 10.2. The molecule has 2 aromatic rings. The van der Waals surface area contributed by atoms with Crippen LogP contribution in [0.2, 0.25) is 0 Å². The Hall–Kier alpha value is -1.92. The van der Waals surface area contributed by atoms with E-state index < -0.39 is 0 Å². The van der Waals surface area contributed by atoms with E-state index in [9.17, 15) is 4.79 Å². The van der Waals surface area contributed by atoms with Crippen molar-refractivity contribution in [1.29, 1.82) is 0 Å². The zero-order valence-electron chi connectivity index (χ0n) is 11.6. The van der Waals surface area contributed by atoms with Gasteiger partial charge >= 0.3 is 0 Å². The lowest BCUT2D eigenvalue weighted by Crippen LogP contribution is -2.16. The van der Waals surface area contributed by atoms with E-state index in [0.717, 1.165) is 21.5 Å². The van der Waals surface area contributed by atoms with Crippen LogP contribution in [0.1, 0.15) is 5.69 Å². The van der Waals surface area contributed by atoms with Crippen LogP contribution in [-0.2, 0) is 16.1 Å². The molecule has 1 aromatic heterocycles. The quantitative estimate of drug-likeness (QED) is 0.841. The highest BCUT2D eigenvalue weighted by molar-refractivity contribution is 9.10. The molecule has 0 atom stereocenters. The molecule has 1 heterocycles. The summed E-state index contributed by atoms with van der Waals surface area (Å²) in [5.74, 6) is -0.169. The Labute approximate surface area is 131 Å². The van der Waals surface area contributed by atoms with Crippen molar-refractivity contribution >= 4 is 33.2 Å². The molecule has 0 aliphatic heterocycles. The average molecular weight is 350 g/mol. The SMILES string of the molecule is COCC(=O)Nc1ccc(NCc2ccc(Br)cn2)cc1. The number of nitrogens with zero attached hydrogens (tertiary/aromatic N) is 1. The summed E-state index contributed by atoms with van der Waals surface area (Å²) < 4.78 is 5.72. The Morgan fingerprint density at radius 2 is 1.90 bits per heavy atom. The van der Waals surface area contributed by atoms with Gasteiger partial charge in [-0.15, -0.1) is 0 Å². The first-order valence-corrected chi connectivity index (χ1v) is 7.20. The van der Waals surface area contributed by atoms with Crippen molar-refractivity contribution in [2.24, 2.45) is 0 Å². The maximum Gasteiger partial charge on any atom is 0.250 e. The van der Waals surface area contributed by atoms with Crippen molar-refractivity contribution in [3.05, 3.63) is 52.8 Å². The molecular weight excluding hydrogens is 334 g/mol. The van der Waals surface area contributed by atoms with E-state index in [1.54, 1.807) is 6.20 Å². The number of methoxy groups -OCH3 is 1. The van der Waals surface area contributed by atoms with Crippen molar-refractivity contribution in [2.45, 2.75) is 6.54 Å². The molecule has 0 fully saturated rings. The molecule has 0 radical (unpaired) electrons. The summed E-state index contributed by atoms with van der Waals surface area (Å²) in [4.78, 5) is 15.7. The second-order valence-corrected chi connectivity index (χ2v) is 5.30. The van der Waals surface area contributed by atoms with Gasteiger partial charge in [-0.25, -0.2) is 0 Å². The molecular formula is C15H16BrN3O2. The number of carbonyl (C=O) groups is 1. The molecule has 21 heavy (non-hydrogen) atoms. The van der Waals surface area contributed by atoms with Crippen LogP contribution in [-0.4, -0.2) is 24.6 Å². The standard InChI is InChI=1S/C15H16BrN3O2/c1-21-10-15(20)19-13-6-4-12(5-7-13)18-9-14-3-2-11(16)8-17-14/h2-8,18H,9-10H2,1H3,(H,19,20). The first-order chi connectivity index (χ1) is 10.2. The van der Waals surface area contributed by atoms with Crippen molar-refractivity contribution in [3.8, 4) is 0 Å². The van der Waals surface area contributed by atoms with Gasteiger partial charge in [-0.05, 0) is 52.3 Å². The molecule has 110 valence electrons. The topological polar surface area (TPSA) is 63.2 Å². The lowest BCUT2D eigenvalue weighted by Gasteiger charge is -2.08. The van der Waals surface area contributed by atoms with Gasteiger partial charge in [0.15, 0.2) is 0 Å². The van der Waals surface area contributed by atoms with Crippen LogP contribution in [0.15, 0.2) is 47.1 Å². The van der Waals surface area contributed by atoms with Gasteiger partial charge in [0.25, 0.3) is 0 Å². The van der Waals surface area contributed by atoms with Gasteiger partial charge in [0.1, 0.15) is 6.61 Å². The van der Waals surface area contributed by atoms with Gasteiger partial charge in [-0.1, -0.05) is 0 Å². The largest absolute Gasteiger partial charge is 0.379 e. The van der Waals surface area contributed by atoms with Gasteiger partial charge in [0.2, 0.25) is 5.91 Å². The minimum Gasteiger partial charge on any atom is -0.379 e. The summed E-state index contributed by atoms with van der Waals surface area (Å²) in [5.41, 5.74) is 2.66. The number of amides is 1. The Balaban J connectivity index is 1.87. The first kappa shape index (κ1) is 15.5. The summed E-state index contributed by atoms with van der Waals surface area (Å²) >= 11 is 3.35. The molecule has 1 aromatic carbocycles. The Morgan fingerprint density at radius 3 is 2.52 bits per heavy atom. The first-order valence-electron chi connectivity index (χ1n) is 6.40. The van der Waals surface area contributed by atoms with Crippen LogP contribution in [0.3, 0.4) is 0 Å². The van der Waals surface area contributed by atoms with Crippen LogP contribution in [0.25, 0.3) is 0 Å². The smallest absolute Gasteiger partial charge is 0.250 e. The monoisotopic (exact) mass is 349 g/mol. The van der Waals surface area contributed by atoms with Crippen molar-refractivity contribution in [1.82, 2.24) is 4.98 Å². The highest BCUT2D eigenvalue weighted by Gasteiger charge is 2.01. The molecule has 6 heteroatoms. The van der Waals surface area contributed by atoms with Crippen molar-refractivity contribution in [3.63, 3.8) is 0 Å². The third-order valence-corrected chi connectivity index (χ3v) is 3.18. The molecule has 0 saturated heterocycles. The summed E-state index contributed by atoms with van der Waals surface area (Å²) in [6.45, 7) is 0.692. The van der Waals surface area contributed by atoms with Crippen LogP contribution >= 0.6 is 15.9 Å².